The molecule has 0 bridgehead atoms. The van der Waals surface area contributed by atoms with Crippen LogP contribution in [0.15, 0.2) is 36.4 Å². The molecule has 2 aromatic carbocycles. The first-order valence-electron chi connectivity index (χ1n) is 5.32. The van der Waals surface area contributed by atoms with Crippen LogP contribution in [0.25, 0.3) is 11.1 Å². The normalized spacial score (nSPS) is 13.1. The van der Waals surface area contributed by atoms with Crippen molar-refractivity contribution in [3.63, 3.8) is 0 Å². The minimum absolute atomic E-state index is 0.752. The number of aryl methyl sites for hydroxylation is 2. The van der Waals surface area contributed by atoms with Crippen molar-refractivity contribution in [2.24, 2.45) is 0 Å². The monoisotopic (exact) mass is 216 g/mol. The van der Waals surface area contributed by atoms with Crippen LogP contribution in [-0.4, -0.2) is 0 Å². The van der Waals surface area contributed by atoms with E-state index in [1.807, 2.05) is 24.3 Å². The smallest absolute Gasteiger partial charge is 0.159 e. The Morgan fingerprint density at radius 1 is 0.750 bits per heavy atom. The van der Waals surface area contributed by atoms with Gasteiger partial charge in [-0.25, -0.2) is 8.78 Å². The number of fused-ring (bicyclic) bond motifs is 3. The van der Waals surface area contributed by atoms with Crippen molar-refractivity contribution >= 4 is 0 Å². The van der Waals surface area contributed by atoms with Crippen LogP contribution in [0.1, 0.15) is 11.1 Å². The summed E-state index contributed by atoms with van der Waals surface area (Å²) < 4.78 is 26.3. The highest BCUT2D eigenvalue weighted by Gasteiger charge is 2.17. The molecule has 80 valence electrons. The van der Waals surface area contributed by atoms with Crippen molar-refractivity contribution in [1.82, 2.24) is 0 Å². The Bertz CT molecular complexity index is 559. The van der Waals surface area contributed by atoms with Gasteiger partial charge in [0.05, 0.1) is 0 Å². The number of hydrogen-bond donors (Lipinski definition) is 0. The van der Waals surface area contributed by atoms with Gasteiger partial charge in [-0.05, 0) is 47.2 Å². The second kappa shape index (κ2) is 3.41. The second-order valence-corrected chi connectivity index (χ2v) is 4.08. The van der Waals surface area contributed by atoms with Crippen LogP contribution in [-0.2, 0) is 12.8 Å². The standard InChI is InChI=1S/C14H10F2/c15-13-7-10-6-5-9-3-1-2-4-11(9)12(10)8-14(13)16/h1-4,7-8H,5-6H2. The van der Waals surface area contributed by atoms with Gasteiger partial charge in [0, 0.05) is 0 Å². The molecule has 0 nitrogen and oxygen atoms in total. The van der Waals surface area contributed by atoms with E-state index in [-0.39, 0.29) is 0 Å². The van der Waals surface area contributed by atoms with Gasteiger partial charge in [-0.1, -0.05) is 24.3 Å². The van der Waals surface area contributed by atoms with E-state index in [1.165, 1.54) is 17.7 Å². The quantitative estimate of drug-likeness (QED) is 0.629. The summed E-state index contributed by atoms with van der Waals surface area (Å²) in [6.45, 7) is 0. The molecule has 0 spiro atoms. The molecule has 0 radical (unpaired) electrons. The first-order chi connectivity index (χ1) is 7.75. The molecule has 3 rings (SSSR count). The van der Waals surface area contributed by atoms with Crippen LogP contribution in [0.2, 0.25) is 0 Å². The number of benzene rings is 2. The maximum atomic E-state index is 13.2. The van der Waals surface area contributed by atoms with E-state index in [1.54, 1.807) is 0 Å². The molecular weight excluding hydrogens is 206 g/mol. The lowest BCUT2D eigenvalue weighted by Gasteiger charge is -2.19. The Labute approximate surface area is 92.5 Å². The van der Waals surface area contributed by atoms with Crippen molar-refractivity contribution in [1.29, 1.82) is 0 Å². The summed E-state index contributed by atoms with van der Waals surface area (Å²) in [5, 5.41) is 0. The third-order valence-corrected chi connectivity index (χ3v) is 3.12. The first-order valence-corrected chi connectivity index (χ1v) is 5.32. The molecule has 1 aliphatic rings. The maximum absolute atomic E-state index is 13.2. The summed E-state index contributed by atoms with van der Waals surface area (Å²) in [4.78, 5) is 0. The number of rotatable bonds is 0. The zero-order chi connectivity index (χ0) is 11.1. The summed E-state index contributed by atoms with van der Waals surface area (Å²) in [5.74, 6) is -1.52. The molecule has 0 N–H and O–H groups in total. The van der Waals surface area contributed by atoms with Gasteiger partial charge in [-0.15, -0.1) is 0 Å². The molecule has 0 unspecified atom stereocenters. The Morgan fingerprint density at radius 2 is 1.44 bits per heavy atom. The Balaban J connectivity index is 2.28. The van der Waals surface area contributed by atoms with Crippen molar-refractivity contribution in [3.05, 3.63) is 59.2 Å². The van der Waals surface area contributed by atoms with Crippen molar-refractivity contribution in [2.45, 2.75) is 12.8 Å². The molecule has 0 saturated heterocycles. The Hall–Kier alpha value is -1.70. The first kappa shape index (κ1) is 9.52. The fraction of sp³-hybridized carbons (Fsp3) is 0.143. The van der Waals surface area contributed by atoms with E-state index in [0.29, 0.717) is 0 Å². The third kappa shape index (κ3) is 1.33. The lowest BCUT2D eigenvalue weighted by Crippen LogP contribution is -2.05. The molecule has 0 amide bonds. The minimum Gasteiger partial charge on any atom is -0.204 e. The summed E-state index contributed by atoms with van der Waals surface area (Å²) >= 11 is 0. The molecule has 1 aliphatic carbocycles. The predicted octanol–water partition coefficient (Wildman–Crippen LogP) is 3.73. The van der Waals surface area contributed by atoms with Gasteiger partial charge in [0.2, 0.25) is 0 Å². The molecular formula is C14H10F2. The average molecular weight is 216 g/mol. The number of halogens is 2. The van der Waals surface area contributed by atoms with Crippen molar-refractivity contribution < 1.29 is 8.78 Å². The zero-order valence-electron chi connectivity index (χ0n) is 8.63. The fourth-order valence-electron chi connectivity index (χ4n) is 2.32. The highest BCUT2D eigenvalue weighted by Crippen LogP contribution is 2.34. The fourth-order valence-corrected chi connectivity index (χ4v) is 2.32. The van der Waals surface area contributed by atoms with Crippen LogP contribution < -0.4 is 0 Å². The topological polar surface area (TPSA) is 0 Å². The summed E-state index contributed by atoms with van der Waals surface area (Å²) in [5.41, 5.74) is 3.97. The lowest BCUT2D eigenvalue weighted by molar-refractivity contribution is 0.507. The van der Waals surface area contributed by atoms with E-state index < -0.39 is 11.6 Å². The third-order valence-electron chi connectivity index (χ3n) is 3.12. The van der Waals surface area contributed by atoms with E-state index in [0.717, 1.165) is 29.5 Å². The summed E-state index contributed by atoms with van der Waals surface area (Å²) in [6, 6.07) is 10.5. The molecule has 0 saturated carbocycles. The molecule has 0 atom stereocenters. The zero-order valence-corrected chi connectivity index (χ0v) is 8.63. The van der Waals surface area contributed by atoms with Crippen molar-refractivity contribution in [2.75, 3.05) is 0 Å². The lowest BCUT2D eigenvalue weighted by atomic mass is 9.85. The summed E-state index contributed by atoms with van der Waals surface area (Å²) in [7, 11) is 0. The molecule has 2 heteroatoms. The van der Waals surface area contributed by atoms with Crippen LogP contribution in [0.4, 0.5) is 8.78 Å². The Kier molecular flexibility index (Phi) is 2.03. The van der Waals surface area contributed by atoms with Gasteiger partial charge < -0.3 is 0 Å². The minimum atomic E-state index is -0.768. The molecule has 2 aromatic rings. The van der Waals surface area contributed by atoms with Gasteiger partial charge in [-0.2, -0.15) is 0 Å². The predicted molar refractivity (Wildman–Crippen MR) is 59.2 cm³/mol. The van der Waals surface area contributed by atoms with Crippen LogP contribution >= 0.6 is 0 Å². The molecule has 0 aromatic heterocycles. The average Bonchev–Trinajstić information content (AvgIpc) is 2.31. The van der Waals surface area contributed by atoms with Crippen LogP contribution in [0, 0.1) is 11.6 Å². The second-order valence-electron chi connectivity index (χ2n) is 4.08. The Morgan fingerprint density at radius 3 is 2.31 bits per heavy atom. The van der Waals surface area contributed by atoms with E-state index in [4.69, 9.17) is 0 Å². The van der Waals surface area contributed by atoms with Crippen LogP contribution in [0.3, 0.4) is 0 Å². The molecule has 16 heavy (non-hydrogen) atoms. The highest BCUT2D eigenvalue weighted by molar-refractivity contribution is 5.73. The molecule has 0 aliphatic heterocycles. The van der Waals surface area contributed by atoms with E-state index >= 15 is 0 Å². The van der Waals surface area contributed by atoms with Gasteiger partial charge in [-0.3, -0.25) is 0 Å². The van der Waals surface area contributed by atoms with Gasteiger partial charge in [0.25, 0.3) is 0 Å². The van der Waals surface area contributed by atoms with E-state index in [9.17, 15) is 8.78 Å². The maximum Gasteiger partial charge on any atom is 0.159 e. The number of hydrogen-bond acceptors (Lipinski definition) is 0. The van der Waals surface area contributed by atoms with Gasteiger partial charge >= 0.3 is 0 Å². The van der Waals surface area contributed by atoms with Crippen molar-refractivity contribution in [3.8, 4) is 11.1 Å². The molecule has 0 fully saturated rings. The largest absolute Gasteiger partial charge is 0.204 e. The molecule has 0 heterocycles. The highest BCUT2D eigenvalue weighted by atomic mass is 19.2. The van der Waals surface area contributed by atoms with E-state index in [2.05, 4.69) is 0 Å². The van der Waals surface area contributed by atoms with Gasteiger partial charge in [0.1, 0.15) is 0 Å². The van der Waals surface area contributed by atoms with Gasteiger partial charge in [0.15, 0.2) is 11.6 Å². The SMILES string of the molecule is Fc1cc2c(cc1F)-c1ccccc1CC2. The van der Waals surface area contributed by atoms with Crippen LogP contribution in [0.5, 0.6) is 0 Å². The summed E-state index contributed by atoms with van der Waals surface area (Å²) in [6.07, 6.45) is 1.68.